The number of imide groups is 2. The third-order valence-corrected chi connectivity index (χ3v) is 6.19. The Hall–Kier alpha value is -4.34. The SMILES string of the molecule is CCCC(CNC(=O)c1ccc2c(c1)C(=O)N(C)C2=O)NC(=O)c1ccc2c(c1)C(=O)N(C)C2=O. The van der Waals surface area contributed by atoms with Crippen molar-refractivity contribution in [2.75, 3.05) is 20.6 Å². The van der Waals surface area contributed by atoms with Crippen LogP contribution in [0.4, 0.5) is 0 Å². The second-order valence-electron chi connectivity index (χ2n) is 8.53. The number of hydrogen-bond acceptors (Lipinski definition) is 6. The molecule has 10 heteroatoms. The summed E-state index contributed by atoms with van der Waals surface area (Å²) in [6, 6.07) is 8.27. The molecule has 2 N–H and O–H groups in total. The largest absolute Gasteiger partial charge is 0.350 e. The summed E-state index contributed by atoms with van der Waals surface area (Å²) in [6.07, 6.45) is 1.32. The van der Waals surface area contributed by atoms with Crippen LogP contribution in [0, 0.1) is 0 Å². The van der Waals surface area contributed by atoms with Crippen LogP contribution in [0.25, 0.3) is 0 Å². The number of nitrogens with one attached hydrogen (secondary N) is 2. The highest BCUT2D eigenvalue weighted by Gasteiger charge is 2.34. The summed E-state index contributed by atoms with van der Waals surface area (Å²) in [6.45, 7) is 2.07. The van der Waals surface area contributed by atoms with Gasteiger partial charge in [0.15, 0.2) is 0 Å². The van der Waals surface area contributed by atoms with Crippen LogP contribution in [0.15, 0.2) is 36.4 Å². The molecule has 2 heterocycles. The van der Waals surface area contributed by atoms with E-state index in [0.717, 1.165) is 16.2 Å². The smallest absolute Gasteiger partial charge is 0.261 e. The maximum atomic E-state index is 12.8. The Bertz CT molecular complexity index is 1300. The van der Waals surface area contributed by atoms with Gasteiger partial charge in [-0.25, -0.2) is 0 Å². The molecule has 2 aliphatic heterocycles. The van der Waals surface area contributed by atoms with Crippen LogP contribution >= 0.6 is 0 Å². The minimum absolute atomic E-state index is 0.132. The summed E-state index contributed by atoms with van der Waals surface area (Å²) in [4.78, 5) is 76.0. The molecule has 0 bridgehead atoms. The average Bonchev–Trinajstić information content (AvgIpc) is 3.21. The van der Waals surface area contributed by atoms with Crippen molar-refractivity contribution < 1.29 is 28.8 Å². The van der Waals surface area contributed by atoms with Crippen molar-refractivity contribution in [3.8, 4) is 0 Å². The van der Waals surface area contributed by atoms with Gasteiger partial charge in [0.25, 0.3) is 35.4 Å². The normalized spacial score (nSPS) is 15.3. The van der Waals surface area contributed by atoms with Crippen LogP contribution in [0.3, 0.4) is 0 Å². The first kappa shape index (κ1) is 23.8. The summed E-state index contributed by atoms with van der Waals surface area (Å²) in [7, 11) is 2.77. The van der Waals surface area contributed by atoms with Gasteiger partial charge < -0.3 is 10.6 Å². The Kier molecular flexibility index (Phi) is 6.21. The van der Waals surface area contributed by atoms with Crippen molar-refractivity contribution >= 4 is 35.4 Å². The van der Waals surface area contributed by atoms with E-state index in [1.54, 1.807) is 0 Å². The monoisotopic (exact) mass is 476 g/mol. The minimum Gasteiger partial charge on any atom is -0.350 e. The molecule has 0 saturated heterocycles. The van der Waals surface area contributed by atoms with E-state index in [-0.39, 0.29) is 39.9 Å². The molecule has 2 aromatic rings. The zero-order valence-corrected chi connectivity index (χ0v) is 19.5. The number of hydrogen-bond donors (Lipinski definition) is 2. The molecule has 1 atom stereocenters. The maximum absolute atomic E-state index is 12.8. The zero-order valence-electron chi connectivity index (χ0n) is 19.5. The molecule has 35 heavy (non-hydrogen) atoms. The van der Waals surface area contributed by atoms with Gasteiger partial charge in [0.05, 0.1) is 22.3 Å². The standard InChI is InChI=1S/C25H24N4O6/c1-4-5-15(27-21(31)14-7-9-17-19(11-14)25(35)29(3)23(17)33)12-26-20(30)13-6-8-16-18(10-13)24(34)28(2)22(16)32/h6-11,15H,4-5,12H2,1-3H3,(H,26,30)(H,27,31). The predicted octanol–water partition coefficient (Wildman–Crippen LogP) is 1.47. The van der Waals surface area contributed by atoms with E-state index in [4.69, 9.17) is 0 Å². The highest BCUT2D eigenvalue weighted by molar-refractivity contribution is 6.22. The van der Waals surface area contributed by atoms with E-state index in [2.05, 4.69) is 10.6 Å². The summed E-state index contributed by atoms with van der Waals surface area (Å²) in [5.41, 5.74) is 1.34. The van der Waals surface area contributed by atoms with E-state index in [1.807, 2.05) is 6.92 Å². The van der Waals surface area contributed by atoms with Crippen molar-refractivity contribution in [2.45, 2.75) is 25.8 Å². The highest BCUT2D eigenvalue weighted by Crippen LogP contribution is 2.24. The molecule has 180 valence electrons. The molecule has 2 aromatic carbocycles. The molecule has 1 unspecified atom stereocenters. The second kappa shape index (κ2) is 9.13. The van der Waals surface area contributed by atoms with Gasteiger partial charge in [0, 0.05) is 37.8 Å². The van der Waals surface area contributed by atoms with E-state index >= 15 is 0 Å². The van der Waals surface area contributed by atoms with Gasteiger partial charge >= 0.3 is 0 Å². The Morgan fingerprint density at radius 1 is 0.743 bits per heavy atom. The molecule has 6 amide bonds. The maximum Gasteiger partial charge on any atom is 0.261 e. The molecule has 0 fully saturated rings. The molecule has 2 aliphatic rings. The number of nitrogens with zero attached hydrogens (tertiary/aromatic N) is 2. The Labute approximate surface area is 201 Å². The molecule has 4 rings (SSSR count). The number of rotatable bonds is 7. The molecular weight excluding hydrogens is 452 g/mol. The van der Waals surface area contributed by atoms with Crippen molar-refractivity contribution in [3.63, 3.8) is 0 Å². The lowest BCUT2D eigenvalue weighted by Gasteiger charge is -2.19. The van der Waals surface area contributed by atoms with E-state index in [9.17, 15) is 28.8 Å². The van der Waals surface area contributed by atoms with Crippen LogP contribution in [0.1, 0.15) is 81.9 Å². The number of carbonyl (C=O) groups is 6. The molecule has 0 saturated carbocycles. The van der Waals surface area contributed by atoms with Gasteiger partial charge in [0.2, 0.25) is 0 Å². The minimum atomic E-state index is -0.462. The number of benzene rings is 2. The van der Waals surface area contributed by atoms with Gasteiger partial charge in [0.1, 0.15) is 0 Å². The van der Waals surface area contributed by atoms with Gasteiger partial charge in [-0.2, -0.15) is 0 Å². The quantitative estimate of drug-likeness (QED) is 0.582. The number of fused-ring (bicyclic) bond motifs is 2. The van der Waals surface area contributed by atoms with Gasteiger partial charge in [-0.05, 0) is 42.8 Å². The molecule has 0 aromatic heterocycles. The summed E-state index contributed by atoms with van der Waals surface area (Å²) in [5, 5.41) is 5.62. The van der Waals surface area contributed by atoms with Crippen LogP contribution in [-0.4, -0.2) is 71.9 Å². The molecule has 10 nitrogen and oxygen atoms in total. The van der Waals surface area contributed by atoms with E-state index in [1.165, 1.54) is 50.5 Å². The first-order valence-corrected chi connectivity index (χ1v) is 11.2. The van der Waals surface area contributed by atoms with Gasteiger partial charge in [-0.15, -0.1) is 0 Å². The fraction of sp³-hybridized carbons (Fsp3) is 0.280. The third kappa shape index (κ3) is 4.18. The number of amides is 6. The van der Waals surface area contributed by atoms with Gasteiger partial charge in [-0.1, -0.05) is 13.3 Å². The number of carbonyl (C=O) groups excluding carboxylic acids is 6. The third-order valence-electron chi connectivity index (χ3n) is 6.19. The molecule has 0 radical (unpaired) electrons. The lowest BCUT2D eigenvalue weighted by Crippen LogP contribution is -2.43. The Morgan fingerprint density at radius 2 is 1.20 bits per heavy atom. The molecule has 0 spiro atoms. The summed E-state index contributed by atoms with van der Waals surface area (Å²) in [5.74, 6) is -2.61. The molecule has 0 aliphatic carbocycles. The van der Waals surface area contributed by atoms with E-state index in [0.29, 0.717) is 6.42 Å². The van der Waals surface area contributed by atoms with Crippen LogP contribution in [-0.2, 0) is 0 Å². The fourth-order valence-corrected chi connectivity index (χ4v) is 4.17. The summed E-state index contributed by atoms with van der Waals surface area (Å²) >= 11 is 0. The lowest BCUT2D eigenvalue weighted by atomic mass is 10.0. The second-order valence-corrected chi connectivity index (χ2v) is 8.53. The van der Waals surface area contributed by atoms with Crippen LogP contribution in [0.5, 0.6) is 0 Å². The van der Waals surface area contributed by atoms with Gasteiger partial charge in [-0.3, -0.25) is 38.6 Å². The fourth-order valence-electron chi connectivity index (χ4n) is 4.17. The highest BCUT2D eigenvalue weighted by atomic mass is 16.2. The Morgan fingerprint density at radius 3 is 1.69 bits per heavy atom. The average molecular weight is 476 g/mol. The Balaban J connectivity index is 1.43. The van der Waals surface area contributed by atoms with Crippen molar-refractivity contribution in [3.05, 3.63) is 69.8 Å². The molecular formula is C25H24N4O6. The zero-order chi connectivity index (χ0) is 25.4. The summed E-state index contributed by atoms with van der Waals surface area (Å²) < 4.78 is 0. The van der Waals surface area contributed by atoms with Crippen molar-refractivity contribution in [1.29, 1.82) is 0 Å². The van der Waals surface area contributed by atoms with Crippen LogP contribution in [0.2, 0.25) is 0 Å². The van der Waals surface area contributed by atoms with Crippen LogP contribution < -0.4 is 10.6 Å². The van der Waals surface area contributed by atoms with Crippen molar-refractivity contribution in [1.82, 2.24) is 20.4 Å². The first-order chi connectivity index (χ1) is 16.6. The first-order valence-electron chi connectivity index (χ1n) is 11.2. The topological polar surface area (TPSA) is 133 Å². The lowest BCUT2D eigenvalue weighted by molar-refractivity contribution is 0.0677. The predicted molar refractivity (Wildman–Crippen MR) is 124 cm³/mol. The van der Waals surface area contributed by atoms with Crippen molar-refractivity contribution in [2.24, 2.45) is 0 Å². The van der Waals surface area contributed by atoms with E-state index < -0.39 is 41.5 Å².